The number of nitrogens with zero attached hydrogens (tertiary/aromatic N) is 1. The normalized spacial score (nSPS) is 16.6. The van der Waals surface area contributed by atoms with Crippen molar-refractivity contribution in [3.05, 3.63) is 29.8 Å². The van der Waals surface area contributed by atoms with Crippen molar-refractivity contribution < 1.29 is 17.4 Å². The molecule has 1 aromatic carbocycles. The van der Waals surface area contributed by atoms with Gasteiger partial charge in [0.05, 0.1) is 5.75 Å². The van der Waals surface area contributed by atoms with Gasteiger partial charge >= 0.3 is 10.1 Å². The topological polar surface area (TPSA) is 63.7 Å². The zero-order chi connectivity index (χ0) is 18.4. The molecule has 1 aliphatic carbocycles. The molecule has 1 amide bonds. The minimum atomic E-state index is -3.55. The minimum Gasteiger partial charge on any atom is -0.382 e. The van der Waals surface area contributed by atoms with Crippen LogP contribution in [0.2, 0.25) is 0 Å². The predicted molar refractivity (Wildman–Crippen MR) is 98.8 cm³/mol. The van der Waals surface area contributed by atoms with Crippen LogP contribution in [0.5, 0.6) is 5.75 Å². The third-order valence-corrected chi connectivity index (χ3v) is 6.09. The molecule has 1 fully saturated rings. The van der Waals surface area contributed by atoms with Gasteiger partial charge in [-0.15, -0.1) is 0 Å². The summed E-state index contributed by atoms with van der Waals surface area (Å²) in [6.07, 6.45) is 5.10. The summed E-state index contributed by atoms with van der Waals surface area (Å²) < 4.78 is 28.4. The molecule has 1 aliphatic rings. The summed E-state index contributed by atoms with van der Waals surface area (Å²) in [5.41, 5.74) is 0.885. The van der Waals surface area contributed by atoms with Gasteiger partial charge in [0.2, 0.25) is 5.91 Å². The second-order valence-corrected chi connectivity index (χ2v) is 8.64. The number of amides is 1. The van der Waals surface area contributed by atoms with Gasteiger partial charge in [-0.1, -0.05) is 31.9 Å². The third kappa shape index (κ3) is 5.46. The molecule has 0 radical (unpaired) electrons. The van der Waals surface area contributed by atoms with Crippen LogP contribution < -0.4 is 4.18 Å². The molecule has 5 nitrogen and oxygen atoms in total. The first kappa shape index (κ1) is 19.8. The molecule has 6 heteroatoms. The third-order valence-electron chi connectivity index (χ3n) is 4.94. The maximum atomic E-state index is 12.9. The standard InChI is InChI=1S/C19H29NO4S/c1-4-15(3)20(19(21)17-10-6-7-11-17)14-16-9-8-12-18(13-16)24-25(22,23)5-2/h8-9,12-13,15,17H,4-7,10-11,14H2,1-3H3/t15-/m0/s1. The van der Waals surface area contributed by atoms with Crippen molar-refractivity contribution >= 4 is 16.0 Å². The van der Waals surface area contributed by atoms with Crippen molar-refractivity contribution in [3.63, 3.8) is 0 Å². The highest BCUT2D eigenvalue weighted by atomic mass is 32.2. The highest BCUT2D eigenvalue weighted by Crippen LogP contribution is 2.28. The van der Waals surface area contributed by atoms with Crippen LogP contribution in [0.25, 0.3) is 0 Å². The van der Waals surface area contributed by atoms with Gasteiger partial charge in [0, 0.05) is 18.5 Å². The summed E-state index contributed by atoms with van der Waals surface area (Å²) in [5, 5.41) is 0. The van der Waals surface area contributed by atoms with Crippen LogP contribution >= 0.6 is 0 Å². The van der Waals surface area contributed by atoms with E-state index in [0.29, 0.717) is 12.3 Å². The Labute approximate surface area is 151 Å². The monoisotopic (exact) mass is 367 g/mol. The summed E-state index contributed by atoms with van der Waals surface area (Å²) in [5.74, 6) is 0.584. The minimum absolute atomic E-state index is 0.0730. The van der Waals surface area contributed by atoms with Crippen molar-refractivity contribution in [2.75, 3.05) is 5.75 Å². The van der Waals surface area contributed by atoms with E-state index in [2.05, 4.69) is 13.8 Å². The van der Waals surface area contributed by atoms with Crippen LogP contribution in [-0.2, 0) is 21.5 Å². The Morgan fingerprint density at radius 2 is 1.96 bits per heavy atom. The first-order chi connectivity index (χ1) is 11.9. The highest BCUT2D eigenvalue weighted by molar-refractivity contribution is 7.87. The van der Waals surface area contributed by atoms with E-state index in [-0.39, 0.29) is 23.6 Å². The maximum Gasteiger partial charge on any atom is 0.308 e. The van der Waals surface area contributed by atoms with Crippen molar-refractivity contribution in [2.45, 2.75) is 65.5 Å². The summed E-state index contributed by atoms with van der Waals surface area (Å²) in [6, 6.07) is 7.16. The van der Waals surface area contributed by atoms with Gasteiger partial charge in [-0.05, 0) is 50.8 Å². The second-order valence-electron chi connectivity index (χ2n) is 6.78. The molecule has 1 atom stereocenters. The highest BCUT2D eigenvalue weighted by Gasteiger charge is 2.29. The fraction of sp³-hybridized carbons (Fsp3) is 0.632. The second kappa shape index (κ2) is 8.70. The average molecular weight is 368 g/mol. The Morgan fingerprint density at radius 1 is 1.28 bits per heavy atom. The summed E-state index contributed by atoms with van der Waals surface area (Å²) in [7, 11) is -3.55. The first-order valence-corrected chi connectivity index (χ1v) is 10.8. The average Bonchev–Trinajstić information content (AvgIpc) is 3.13. The Kier molecular flexibility index (Phi) is 6.87. The van der Waals surface area contributed by atoms with Gasteiger partial charge in [-0.3, -0.25) is 4.79 Å². The predicted octanol–water partition coefficient (Wildman–Crippen LogP) is 3.73. The molecule has 0 spiro atoms. The molecular formula is C19H29NO4S. The van der Waals surface area contributed by atoms with Crippen molar-refractivity contribution in [2.24, 2.45) is 5.92 Å². The SMILES string of the molecule is CC[C@H](C)N(Cc1cccc(OS(=O)(=O)CC)c1)C(=O)C1CCCC1. The molecule has 1 aromatic rings. The number of rotatable bonds is 8. The van der Waals surface area contributed by atoms with Gasteiger partial charge in [-0.2, -0.15) is 8.42 Å². The van der Waals surface area contributed by atoms with E-state index in [1.54, 1.807) is 25.1 Å². The van der Waals surface area contributed by atoms with Crippen LogP contribution in [0.3, 0.4) is 0 Å². The molecule has 0 bridgehead atoms. The largest absolute Gasteiger partial charge is 0.382 e. The molecule has 1 saturated carbocycles. The number of carbonyl (C=O) groups excluding carboxylic acids is 1. The quantitative estimate of drug-likeness (QED) is 0.657. The molecule has 0 N–H and O–H groups in total. The van der Waals surface area contributed by atoms with E-state index < -0.39 is 10.1 Å². The Hall–Kier alpha value is -1.56. The van der Waals surface area contributed by atoms with Crippen LogP contribution in [-0.4, -0.2) is 31.0 Å². The van der Waals surface area contributed by atoms with Crippen LogP contribution in [0.1, 0.15) is 58.4 Å². The van der Waals surface area contributed by atoms with Crippen molar-refractivity contribution in [1.82, 2.24) is 4.90 Å². The zero-order valence-electron chi connectivity index (χ0n) is 15.4. The zero-order valence-corrected chi connectivity index (χ0v) is 16.2. The van der Waals surface area contributed by atoms with E-state index >= 15 is 0 Å². The van der Waals surface area contributed by atoms with E-state index in [9.17, 15) is 13.2 Å². The molecule has 0 aromatic heterocycles. The fourth-order valence-electron chi connectivity index (χ4n) is 3.18. The Morgan fingerprint density at radius 3 is 2.56 bits per heavy atom. The van der Waals surface area contributed by atoms with Gasteiger partial charge in [0.25, 0.3) is 0 Å². The molecule has 25 heavy (non-hydrogen) atoms. The van der Waals surface area contributed by atoms with Crippen LogP contribution in [0.4, 0.5) is 0 Å². The van der Waals surface area contributed by atoms with E-state index in [1.807, 2.05) is 11.0 Å². The number of carbonyl (C=O) groups is 1. The van der Waals surface area contributed by atoms with Crippen molar-refractivity contribution in [1.29, 1.82) is 0 Å². The molecule has 2 rings (SSSR count). The molecule has 0 unspecified atom stereocenters. The summed E-state index contributed by atoms with van der Waals surface area (Å²) >= 11 is 0. The smallest absolute Gasteiger partial charge is 0.308 e. The van der Waals surface area contributed by atoms with Gasteiger partial charge < -0.3 is 9.08 Å². The number of hydrogen-bond donors (Lipinski definition) is 0. The number of hydrogen-bond acceptors (Lipinski definition) is 4. The van der Waals surface area contributed by atoms with Gasteiger partial charge in [0.15, 0.2) is 0 Å². The lowest BCUT2D eigenvalue weighted by Gasteiger charge is -2.31. The van der Waals surface area contributed by atoms with Crippen molar-refractivity contribution in [3.8, 4) is 5.75 Å². The molecule has 0 heterocycles. The van der Waals surface area contributed by atoms with E-state index in [4.69, 9.17) is 4.18 Å². The molecule has 140 valence electrons. The van der Waals surface area contributed by atoms with Crippen LogP contribution in [0, 0.1) is 5.92 Å². The lowest BCUT2D eigenvalue weighted by molar-refractivity contribution is -0.138. The summed E-state index contributed by atoms with van der Waals surface area (Å²) in [6.45, 7) is 6.17. The maximum absolute atomic E-state index is 12.9. The molecular weight excluding hydrogens is 338 g/mol. The molecule has 0 aliphatic heterocycles. The van der Waals surface area contributed by atoms with Gasteiger partial charge in [0.1, 0.15) is 5.75 Å². The first-order valence-electron chi connectivity index (χ1n) is 9.17. The van der Waals surface area contributed by atoms with E-state index in [0.717, 1.165) is 37.7 Å². The number of benzene rings is 1. The molecule has 0 saturated heterocycles. The van der Waals surface area contributed by atoms with E-state index in [1.165, 1.54) is 0 Å². The summed E-state index contributed by atoms with van der Waals surface area (Å²) in [4.78, 5) is 14.8. The Bertz CT molecular complexity index is 680. The van der Waals surface area contributed by atoms with Gasteiger partial charge in [-0.25, -0.2) is 0 Å². The lowest BCUT2D eigenvalue weighted by atomic mass is 10.0. The Balaban J connectivity index is 2.16. The lowest BCUT2D eigenvalue weighted by Crippen LogP contribution is -2.40. The van der Waals surface area contributed by atoms with Crippen LogP contribution in [0.15, 0.2) is 24.3 Å². The fourth-order valence-corrected chi connectivity index (χ4v) is 3.69.